The van der Waals surface area contributed by atoms with E-state index in [4.69, 9.17) is 10.7 Å². The molecular weight excluding hydrogens is 257 g/mol. The molecule has 0 aliphatic rings. The fraction of sp³-hybridized carbons (Fsp3) is 0.222. The molecule has 0 aliphatic carbocycles. The molecule has 0 N–H and O–H groups in total. The molecule has 4 nitrogen and oxygen atoms in total. The SMILES string of the molecule is CN(C)C(=O)c1ccc(S(=O)(=O)Cl)c(F)c1. The minimum absolute atomic E-state index is 0.0616. The second-order valence-electron chi connectivity index (χ2n) is 3.28. The van der Waals surface area contributed by atoms with E-state index in [2.05, 4.69) is 0 Å². The fourth-order valence-corrected chi connectivity index (χ4v) is 1.99. The molecule has 0 fully saturated rings. The van der Waals surface area contributed by atoms with E-state index in [1.165, 1.54) is 25.1 Å². The molecule has 88 valence electrons. The summed E-state index contributed by atoms with van der Waals surface area (Å²) in [6, 6.07) is 3.02. The summed E-state index contributed by atoms with van der Waals surface area (Å²) in [7, 11) is 3.88. The Morgan fingerprint density at radius 2 is 1.94 bits per heavy atom. The summed E-state index contributed by atoms with van der Waals surface area (Å²) < 4.78 is 35.1. The van der Waals surface area contributed by atoms with E-state index in [0.29, 0.717) is 0 Å². The molecule has 0 aromatic heterocycles. The van der Waals surface area contributed by atoms with Crippen molar-refractivity contribution < 1.29 is 17.6 Å². The van der Waals surface area contributed by atoms with Crippen molar-refractivity contribution in [1.82, 2.24) is 4.90 Å². The molecule has 0 saturated carbocycles. The highest BCUT2D eigenvalue weighted by molar-refractivity contribution is 8.13. The maximum Gasteiger partial charge on any atom is 0.264 e. The first-order chi connectivity index (χ1) is 7.23. The number of carbonyl (C=O) groups excluding carboxylic acids is 1. The molecule has 1 rings (SSSR count). The number of hydrogen-bond donors (Lipinski definition) is 0. The Balaban J connectivity index is 3.25. The van der Waals surface area contributed by atoms with Gasteiger partial charge in [0.2, 0.25) is 0 Å². The van der Waals surface area contributed by atoms with Crippen LogP contribution in [0.5, 0.6) is 0 Å². The Kier molecular flexibility index (Phi) is 3.54. The first kappa shape index (κ1) is 12.9. The van der Waals surface area contributed by atoms with Gasteiger partial charge in [-0.05, 0) is 18.2 Å². The van der Waals surface area contributed by atoms with Gasteiger partial charge in [0.15, 0.2) is 0 Å². The van der Waals surface area contributed by atoms with Gasteiger partial charge < -0.3 is 4.90 Å². The van der Waals surface area contributed by atoms with E-state index in [0.717, 1.165) is 12.1 Å². The van der Waals surface area contributed by atoms with Crippen LogP contribution in [0.25, 0.3) is 0 Å². The van der Waals surface area contributed by atoms with Crippen molar-refractivity contribution in [2.45, 2.75) is 4.90 Å². The average molecular weight is 266 g/mol. The molecule has 1 aromatic rings. The van der Waals surface area contributed by atoms with Crippen LogP contribution in [-0.4, -0.2) is 33.3 Å². The third-order valence-corrected chi connectivity index (χ3v) is 3.20. The molecular formula is C9H9ClFNO3S. The lowest BCUT2D eigenvalue weighted by Crippen LogP contribution is -2.21. The van der Waals surface area contributed by atoms with Crippen molar-refractivity contribution in [2.75, 3.05) is 14.1 Å². The Hall–Kier alpha value is -1.14. The van der Waals surface area contributed by atoms with Crippen LogP contribution in [0.15, 0.2) is 23.1 Å². The molecule has 16 heavy (non-hydrogen) atoms. The normalized spacial score (nSPS) is 11.2. The standard InChI is InChI=1S/C9H9ClFNO3S/c1-12(2)9(13)6-3-4-8(7(11)5-6)16(10,14)15/h3-5H,1-2H3. The van der Waals surface area contributed by atoms with Crippen molar-refractivity contribution >= 4 is 25.6 Å². The number of hydrogen-bond acceptors (Lipinski definition) is 3. The van der Waals surface area contributed by atoms with Gasteiger partial charge in [0.25, 0.3) is 15.0 Å². The Bertz CT molecular complexity index is 528. The van der Waals surface area contributed by atoms with Gasteiger partial charge >= 0.3 is 0 Å². The van der Waals surface area contributed by atoms with Crippen molar-refractivity contribution in [3.63, 3.8) is 0 Å². The zero-order chi connectivity index (χ0) is 12.5. The smallest absolute Gasteiger partial charge is 0.264 e. The van der Waals surface area contributed by atoms with Crippen LogP contribution < -0.4 is 0 Å². The summed E-state index contributed by atoms with van der Waals surface area (Å²) in [6.07, 6.45) is 0. The van der Waals surface area contributed by atoms with Gasteiger partial charge in [-0.2, -0.15) is 0 Å². The largest absolute Gasteiger partial charge is 0.345 e. The first-order valence-corrected chi connectivity index (χ1v) is 6.50. The maximum absolute atomic E-state index is 13.3. The lowest BCUT2D eigenvalue weighted by molar-refractivity contribution is 0.0827. The summed E-state index contributed by atoms with van der Waals surface area (Å²) in [5.74, 6) is -1.46. The van der Waals surface area contributed by atoms with Crippen LogP contribution in [0.2, 0.25) is 0 Å². The predicted octanol–water partition coefficient (Wildman–Crippen LogP) is 1.46. The van der Waals surface area contributed by atoms with Gasteiger partial charge in [-0.25, -0.2) is 12.8 Å². The molecule has 0 aliphatic heterocycles. The van der Waals surface area contributed by atoms with Crippen molar-refractivity contribution in [1.29, 1.82) is 0 Å². The molecule has 7 heteroatoms. The number of rotatable bonds is 2. The van der Waals surface area contributed by atoms with Gasteiger partial charge in [-0.1, -0.05) is 0 Å². The number of halogens is 2. The van der Waals surface area contributed by atoms with Crippen molar-refractivity contribution in [3.8, 4) is 0 Å². The topological polar surface area (TPSA) is 54.5 Å². The molecule has 0 spiro atoms. The second kappa shape index (κ2) is 4.39. The third kappa shape index (κ3) is 2.70. The lowest BCUT2D eigenvalue weighted by atomic mass is 10.2. The van der Waals surface area contributed by atoms with E-state index in [1.807, 2.05) is 0 Å². The fourth-order valence-electron chi connectivity index (χ4n) is 1.09. The Morgan fingerprint density at radius 1 is 1.38 bits per heavy atom. The van der Waals surface area contributed by atoms with Crippen LogP contribution in [0, 0.1) is 5.82 Å². The molecule has 0 bridgehead atoms. The van der Waals surface area contributed by atoms with E-state index in [9.17, 15) is 17.6 Å². The highest BCUT2D eigenvalue weighted by Crippen LogP contribution is 2.20. The van der Waals surface area contributed by atoms with Gasteiger partial charge in [-0.3, -0.25) is 4.79 Å². The molecule has 0 atom stereocenters. The zero-order valence-corrected chi connectivity index (χ0v) is 10.1. The monoisotopic (exact) mass is 265 g/mol. The predicted molar refractivity (Wildman–Crippen MR) is 57.5 cm³/mol. The molecule has 1 amide bonds. The molecule has 0 saturated heterocycles. The molecule has 0 unspecified atom stereocenters. The number of benzene rings is 1. The van der Waals surface area contributed by atoms with E-state index in [-0.39, 0.29) is 5.56 Å². The molecule has 0 radical (unpaired) electrons. The number of nitrogens with zero attached hydrogens (tertiary/aromatic N) is 1. The lowest BCUT2D eigenvalue weighted by Gasteiger charge is -2.10. The third-order valence-electron chi connectivity index (χ3n) is 1.85. The van der Waals surface area contributed by atoms with Gasteiger partial charge in [0, 0.05) is 30.3 Å². The summed E-state index contributed by atoms with van der Waals surface area (Å²) >= 11 is 0. The average Bonchev–Trinajstić information content (AvgIpc) is 2.14. The summed E-state index contributed by atoms with van der Waals surface area (Å²) in [5, 5.41) is 0. The highest BCUT2D eigenvalue weighted by atomic mass is 35.7. The minimum atomic E-state index is -4.12. The summed E-state index contributed by atoms with van der Waals surface area (Å²) in [6.45, 7) is 0. The first-order valence-electron chi connectivity index (χ1n) is 4.19. The van der Waals surface area contributed by atoms with Gasteiger partial charge in [0.1, 0.15) is 10.7 Å². The van der Waals surface area contributed by atoms with E-state index < -0.39 is 25.7 Å². The summed E-state index contributed by atoms with van der Waals surface area (Å²) in [5.41, 5.74) is 0.0616. The van der Waals surface area contributed by atoms with E-state index >= 15 is 0 Å². The van der Waals surface area contributed by atoms with Crippen molar-refractivity contribution in [2.24, 2.45) is 0 Å². The zero-order valence-electron chi connectivity index (χ0n) is 8.57. The van der Waals surface area contributed by atoms with Crippen LogP contribution in [0.3, 0.4) is 0 Å². The highest BCUT2D eigenvalue weighted by Gasteiger charge is 2.18. The number of amides is 1. The van der Waals surface area contributed by atoms with Crippen molar-refractivity contribution in [3.05, 3.63) is 29.6 Å². The Labute approximate surface area is 97.0 Å². The van der Waals surface area contributed by atoms with Gasteiger partial charge in [-0.15, -0.1) is 0 Å². The quantitative estimate of drug-likeness (QED) is 0.761. The number of carbonyl (C=O) groups is 1. The maximum atomic E-state index is 13.3. The van der Waals surface area contributed by atoms with Crippen LogP contribution in [0.1, 0.15) is 10.4 Å². The van der Waals surface area contributed by atoms with E-state index in [1.54, 1.807) is 0 Å². The minimum Gasteiger partial charge on any atom is -0.345 e. The molecule has 0 heterocycles. The van der Waals surface area contributed by atoms with Crippen LogP contribution in [-0.2, 0) is 9.05 Å². The van der Waals surface area contributed by atoms with Crippen LogP contribution >= 0.6 is 10.7 Å². The Morgan fingerprint density at radius 3 is 2.31 bits per heavy atom. The van der Waals surface area contributed by atoms with Gasteiger partial charge in [0.05, 0.1) is 0 Å². The summed E-state index contributed by atoms with van der Waals surface area (Å²) in [4.78, 5) is 12.1. The van der Waals surface area contributed by atoms with Crippen LogP contribution in [0.4, 0.5) is 4.39 Å². The molecule has 1 aromatic carbocycles. The second-order valence-corrected chi connectivity index (χ2v) is 5.82.